The topological polar surface area (TPSA) is 38.0 Å². The van der Waals surface area contributed by atoms with Crippen LogP contribution in [0.25, 0.3) is 0 Å². The quantitative estimate of drug-likeness (QED) is 0.560. The Morgan fingerprint density at radius 2 is 2.30 bits per heavy atom. The minimum Gasteiger partial charge on any atom is -0.326 e. The van der Waals surface area contributed by atoms with E-state index in [2.05, 4.69) is 5.32 Å². The highest BCUT2D eigenvalue weighted by atomic mass is 19.3. The van der Waals surface area contributed by atoms with E-state index >= 15 is 0 Å². The van der Waals surface area contributed by atoms with Crippen molar-refractivity contribution in [3.05, 3.63) is 0 Å². The zero-order valence-electron chi connectivity index (χ0n) is 5.90. The van der Waals surface area contributed by atoms with Crippen molar-refractivity contribution in [2.45, 2.75) is 19.4 Å². The molecular weight excluding hydrogens is 138 g/mol. The summed E-state index contributed by atoms with van der Waals surface area (Å²) >= 11 is 0. The van der Waals surface area contributed by atoms with E-state index in [4.69, 9.17) is 5.73 Å². The van der Waals surface area contributed by atoms with Gasteiger partial charge in [-0.2, -0.15) is 0 Å². The van der Waals surface area contributed by atoms with Crippen LogP contribution in [0.3, 0.4) is 0 Å². The molecule has 0 radical (unpaired) electrons. The fourth-order valence-electron chi connectivity index (χ4n) is 1.10. The zero-order chi connectivity index (χ0) is 7.78. The second kappa shape index (κ2) is 2.43. The molecule has 2 nitrogen and oxygen atoms in total. The number of nitrogens with two attached hydrogens (primary N) is 1. The molecule has 0 aromatic rings. The Hall–Kier alpha value is -0.220. The molecule has 2 unspecified atom stereocenters. The maximum atomic E-state index is 12.3. The molecule has 1 fully saturated rings. The highest BCUT2D eigenvalue weighted by molar-refractivity contribution is 4.96. The van der Waals surface area contributed by atoms with Crippen LogP contribution in [0.1, 0.15) is 6.92 Å². The maximum Gasteiger partial charge on any atom is 0.246 e. The second-order valence-corrected chi connectivity index (χ2v) is 3.04. The van der Waals surface area contributed by atoms with E-state index in [1.54, 1.807) is 0 Å². The van der Waals surface area contributed by atoms with Crippen molar-refractivity contribution < 1.29 is 8.78 Å². The predicted octanol–water partition coefficient (Wildman–Crippen LogP) is 0.188. The predicted molar refractivity (Wildman–Crippen MR) is 35.0 cm³/mol. The van der Waals surface area contributed by atoms with Gasteiger partial charge in [-0.15, -0.1) is 0 Å². The molecule has 0 bridgehead atoms. The van der Waals surface area contributed by atoms with E-state index in [0.29, 0.717) is 13.1 Å². The van der Waals surface area contributed by atoms with Crippen LogP contribution in [-0.2, 0) is 0 Å². The summed E-state index contributed by atoms with van der Waals surface area (Å²) in [6.45, 7) is 2.34. The molecule has 1 rings (SSSR count). The van der Waals surface area contributed by atoms with Crippen molar-refractivity contribution in [1.82, 2.24) is 5.32 Å². The lowest BCUT2D eigenvalue weighted by atomic mass is 9.86. The number of hydrogen-bond donors (Lipinski definition) is 2. The summed E-state index contributed by atoms with van der Waals surface area (Å²) in [6, 6.07) is -0.410. The minimum absolute atomic E-state index is 0.325. The van der Waals surface area contributed by atoms with Crippen LogP contribution in [0.15, 0.2) is 0 Å². The first-order valence-electron chi connectivity index (χ1n) is 3.32. The molecule has 10 heavy (non-hydrogen) atoms. The molecule has 60 valence electrons. The fraction of sp³-hybridized carbons (Fsp3) is 1.00. The standard InChI is InChI=1S/C6H12F2N2/c1-6(5(7)8)3-10-2-4(6)9/h4-5,10H,2-3,9H2,1H3. The molecule has 0 amide bonds. The van der Waals surface area contributed by atoms with Gasteiger partial charge in [0, 0.05) is 19.1 Å². The Labute approximate surface area is 58.8 Å². The first-order chi connectivity index (χ1) is 4.57. The van der Waals surface area contributed by atoms with E-state index in [1.807, 2.05) is 0 Å². The SMILES string of the molecule is CC1(C(F)F)CNCC1N. The highest BCUT2D eigenvalue weighted by Crippen LogP contribution is 2.30. The van der Waals surface area contributed by atoms with Crippen LogP contribution in [0.5, 0.6) is 0 Å². The number of rotatable bonds is 1. The van der Waals surface area contributed by atoms with Crippen LogP contribution < -0.4 is 11.1 Å². The number of halogens is 2. The minimum atomic E-state index is -2.32. The Morgan fingerprint density at radius 1 is 1.70 bits per heavy atom. The van der Waals surface area contributed by atoms with Gasteiger partial charge in [0.15, 0.2) is 0 Å². The van der Waals surface area contributed by atoms with Crippen LogP contribution in [0.2, 0.25) is 0 Å². The Balaban J connectivity index is 2.66. The van der Waals surface area contributed by atoms with Gasteiger partial charge in [0.1, 0.15) is 0 Å². The summed E-state index contributed by atoms with van der Waals surface area (Å²) in [4.78, 5) is 0. The molecule has 0 saturated carbocycles. The summed E-state index contributed by atoms with van der Waals surface area (Å²) in [5.41, 5.74) is 4.46. The number of alkyl halides is 2. The molecule has 2 atom stereocenters. The van der Waals surface area contributed by atoms with E-state index in [0.717, 1.165) is 0 Å². The van der Waals surface area contributed by atoms with Crippen molar-refractivity contribution >= 4 is 0 Å². The molecule has 1 heterocycles. The first-order valence-corrected chi connectivity index (χ1v) is 3.32. The Bertz CT molecular complexity index is 129. The molecule has 1 saturated heterocycles. The largest absolute Gasteiger partial charge is 0.326 e. The molecule has 0 aromatic carbocycles. The number of nitrogens with one attached hydrogen (secondary N) is 1. The van der Waals surface area contributed by atoms with Crippen molar-refractivity contribution in [3.63, 3.8) is 0 Å². The third-order valence-corrected chi connectivity index (χ3v) is 2.22. The Morgan fingerprint density at radius 3 is 2.50 bits per heavy atom. The smallest absolute Gasteiger partial charge is 0.246 e. The van der Waals surface area contributed by atoms with E-state index in [1.165, 1.54) is 6.92 Å². The van der Waals surface area contributed by atoms with Crippen LogP contribution in [-0.4, -0.2) is 25.6 Å². The Kier molecular flexibility index (Phi) is 1.92. The molecule has 3 N–H and O–H groups in total. The summed E-state index contributed by atoms with van der Waals surface area (Å²) in [5, 5.41) is 2.84. The molecule has 0 spiro atoms. The third-order valence-electron chi connectivity index (χ3n) is 2.22. The van der Waals surface area contributed by atoms with Gasteiger partial charge in [-0.3, -0.25) is 0 Å². The lowest BCUT2D eigenvalue weighted by Gasteiger charge is -2.26. The maximum absolute atomic E-state index is 12.3. The van der Waals surface area contributed by atoms with Gasteiger partial charge >= 0.3 is 0 Å². The fourth-order valence-corrected chi connectivity index (χ4v) is 1.10. The van der Waals surface area contributed by atoms with Gasteiger partial charge in [-0.25, -0.2) is 8.78 Å². The van der Waals surface area contributed by atoms with Gasteiger partial charge < -0.3 is 11.1 Å². The van der Waals surface area contributed by atoms with Crippen molar-refractivity contribution in [1.29, 1.82) is 0 Å². The monoisotopic (exact) mass is 150 g/mol. The van der Waals surface area contributed by atoms with Crippen LogP contribution in [0, 0.1) is 5.41 Å². The summed E-state index contributed by atoms with van der Waals surface area (Å²) in [5.74, 6) is 0. The molecular formula is C6H12F2N2. The van der Waals surface area contributed by atoms with Crippen molar-refractivity contribution in [3.8, 4) is 0 Å². The lowest BCUT2D eigenvalue weighted by Crippen LogP contribution is -2.43. The molecule has 1 aliphatic rings. The van der Waals surface area contributed by atoms with Crippen LogP contribution >= 0.6 is 0 Å². The molecule has 0 aliphatic carbocycles. The second-order valence-electron chi connectivity index (χ2n) is 3.04. The normalized spacial score (nSPS) is 41.1. The van der Waals surface area contributed by atoms with Gasteiger partial charge in [0.05, 0.1) is 5.41 Å². The van der Waals surface area contributed by atoms with Crippen molar-refractivity contribution in [2.24, 2.45) is 11.1 Å². The van der Waals surface area contributed by atoms with Crippen LogP contribution in [0.4, 0.5) is 8.78 Å². The third kappa shape index (κ3) is 1.01. The average Bonchev–Trinajstić information content (AvgIpc) is 2.15. The lowest BCUT2D eigenvalue weighted by molar-refractivity contribution is 0.0113. The first kappa shape index (κ1) is 7.88. The van der Waals surface area contributed by atoms with Gasteiger partial charge in [0.2, 0.25) is 6.43 Å². The molecule has 1 aliphatic heterocycles. The summed E-state index contributed by atoms with van der Waals surface area (Å²) in [6.07, 6.45) is -2.32. The van der Waals surface area contributed by atoms with E-state index in [9.17, 15) is 8.78 Å². The van der Waals surface area contributed by atoms with Gasteiger partial charge in [0.25, 0.3) is 0 Å². The summed E-state index contributed by atoms with van der Waals surface area (Å²) in [7, 11) is 0. The highest BCUT2D eigenvalue weighted by Gasteiger charge is 2.44. The average molecular weight is 150 g/mol. The van der Waals surface area contributed by atoms with E-state index in [-0.39, 0.29) is 0 Å². The summed E-state index contributed by atoms with van der Waals surface area (Å²) < 4.78 is 24.5. The van der Waals surface area contributed by atoms with Gasteiger partial charge in [-0.05, 0) is 0 Å². The zero-order valence-corrected chi connectivity index (χ0v) is 5.90. The van der Waals surface area contributed by atoms with Crippen molar-refractivity contribution in [2.75, 3.05) is 13.1 Å². The molecule has 4 heteroatoms. The van der Waals surface area contributed by atoms with E-state index < -0.39 is 17.9 Å². The number of hydrogen-bond acceptors (Lipinski definition) is 2. The van der Waals surface area contributed by atoms with Gasteiger partial charge in [-0.1, -0.05) is 6.92 Å². The molecule has 0 aromatic heterocycles.